The summed E-state index contributed by atoms with van der Waals surface area (Å²) >= 11 is 0.489. The first-order valence-electron chi connectivity index (χ1n) is 10.2. The zero-order valence-electron chi connectivity index (χ0n) is 17.3. The Morgan fingerprint density at radius 1 is 0.935 bits per heavy atom. The van der Waals surface area contributed by atoms with E-state index in [2.05, 4.69) is 53.5 Å². The van der Waals surface area contributed by atoms with Gasteiger partial charge in [0.1, 0.15) is 5.75 Å². The Morgan fingerprint density at radius 2 is 1.77 bits per heavy atom. The van der Waals surface area contributed by atoms with Gasteiger partial charge in [0.25, 0.3) is 0 Å². The smallest absolute Gasteiger partial charge is 0.248 e. The van der Waals surface area contributed by atoms with Crippen molar-refractivity contribution in [3.8, 4) is 28.0 Å². The Bertz CT molecular complexity index is 1320. The van der Waals surface area contributed by atoms with Crippen molar-refractivity contribution in [1.29, 1.82) is 0 Å². The molecule has 0 bridgehead atoms. The van der Waals surface area contributed by atoms with Gasteiger partial charge in [0.15, 0.2) is 0 Å². The van der Waals surface area contributed by atoms with Gasteiger partial charge in [-0.2, -0.15) is 0 Å². The second-order valence-electron chi connectivity index (χ2n) is 7.40. The van der Waals surface area contributed by atoms with Crippen LogP contribution in [0.3, 0.4) is 0 Å². The van der Waals surface area contributed by atoms with Crippen molar-refractivity contribution in [2.24, 2.45) is 0 Å². The summed E-state index contributed by atoms with van der Waals surface area (Å²) in [6, 6.07) is 24.3. The van der Waals surface area contributed by atoms with Gasteiger partial charge in [0.2, 0.25) is 5.56 Å². The van der Waals surface area contributed by atoms with Crippen LogP contribution in [0.2, 0.25) is 0 Å². The number of pyridine rings is 1. The summed E-state index contributed by atoms with van der Waals surface area (Å²) in [6.45, 7) is 2.48. The van der Waals surface area contributed by atoms with Crippen LogP contribution < -0.4 is 10.3 Å². The van der Waals surface area contributed by atoms with Crippen molar-refractivity contribution in [2.75, 3.05) is 6.61 Å². The Balaban J connectivity index is 0.000000163. The van der Waals surface area contributed by atoms with Gasteiger partial charge >= 0.3 is 0 Å². The van der Waals surface area contributed by atoms with E-state index in [-0.39, 0.29) is 5.56 Å². The van der Waals surface area contributed by atoms with Gasteiger partial charge in [0.05, 0.1) is 17.9 Å². The van der Waals surface area contributed by atoms with Crippen LogP contribution >= 0.6 is 0 Å². The van der Waals surface area contributed by atoms with Crippen LogP contribution in [0.5, 0.6) is 5.75 Å². The maximum Gasteiger partial charge on any atom is 0.248 e. The number of H-pyrrole nitrogens is 1. The highest BCUT2D eigenvalue weighted by Crippen LogP contribution is 2.43. The molecule has 0 aliphatic heterocycles. The summed E-state index contributed by atoms with van der Waals surface area (Å²) in [5.74, 6) is 0.775. The van der Waals surface area contributed by atoms with Gasteiger partial charge in [-0.25, -0.2) is 4.21 Å². The van der Waals surface area contributed by atoms with Crippen LogP contribution in [0.1, 0.15) is 18.4 Å². The van der Waals surface area contributed by atoms with Gasteiger partial charge < -0.3 is 9.72 Å². The molecule has 0 radical (unpaired) electrons. The molecule has 1 aromatic heterocycles. The van der Waals surface area contributed by atoms with Crippen LogP contribution in [0.15, 0.2) is 77.6 Å². The lowest BCUT2D eigenvalue weighted by Gasteiger charge is -2.07. The van der Waals surface area contributed by atoms with E-state index in [1.54, 1.807) is 11.4 Å². The molecule has 3 aromatic rings. The minimum atomic E-state index is -0.0932. The molecule has 2 aliphatic rings. The van der Waals surface area contributed by atoms with E-state index >= 15 is 0 Å². The molecule has 1 N–H and O–H groups in total. The Labute approximate surface area is 184 Å². The Hall–Kier alpha value is -3.44. The molecule has 2 aliphatic carbocycles. The van der Waals surface area contributed by atoms with Crippen LogP contribution in [-0.2, 0) is 11.3 Å². The van der Waals surface area contributed by atoms with E-state index in [0.29, 0.717) is 17.9 Å². The SMILES string of the molecule is Cc1cc(=O)[nH]c2ccc(OCCCC=S=O)cc12.c1ccc(-c2ccc3cc2-3)cc1. The van der Waals surface area contributed by atoms with Gasteiger partial charge in [0, 0.05) is 22.3 Å². The fourth-order valence-electron chi connectivity index (χ4n) is 3.52. The predicted molar refractivity (Wildman–Crippen MR) is 129 cm³/mol. The first-order chi connectivity index (χ1) is 15.2. The minimum absolute atomic E-state index is 0.0932. The number of unbranched alkanes of at least 4 members (excludes halogenated alkanes) is 1. The number of benzene rings is 3. The maximum absolute atomic E-state index is 11.3. The van der Waals surface area contributed by atoms with E-state index in [1.165, 1.54) is 22.3 Å². The molecule has 0 saturated heterocycles. The number of hydrogen-bond donors (Lipinski definition) is 1. The monoisotopic (exact) mass is 429 g/mol. The molecule has 5 heteroatoms. The van der Waals surface area contributed by atoms with Crippen LogP contribution in [0.25, 0.3) is 33.2 Å². The Morgan fingerprint density at radius 3 is 2.48 bits per heavy atom. The second kappa shape index (κ2) is 9.58. The summed E-state index contributed by atoms with van der Waals surface area (Å²) in [7, 11) is 0. The molecule has 156 valence electrons. The lowest BCUT2D eigenvalue weighted by molar-refractivity contribution is 0.314. The van der Waals surface area contributed by atoms with Crippen molar-refractivity contribution < 1.29 is 8.95 Å². The zero-order valence-corrected chi connectivity index (χ0v) is 18.1. The summed E-state index contributed by atoms with van der Waals surface area (Å²) in [5.41, 5.74) is 7.20. The van der Waals surface area contributed by atoms with Crippen molar-refractivity contribution in [1.82, 2.24) is 4.98 Å². The van der Waals surface area contributed by atoms with E-state index in [4.69, 9.17) is 4.74 Å². The van der Waals surface area contributed by atoms with E-state index < -0.39 is 0 Å². The van der Waals surface area contributed by atoms with Crippen molar-refractivity contribution in [3.63, 3.8) is 0 Å². The third-order valence-corrected chi connectivity index (χ3v) is 5.53. The fraction of sp³-hybridized carbons (Fsp3) is 0.154. The zero-order chi connectivity index (χ0) is 21.6. The van der Waals surface area contributed by atoms with Crippen LogP contribution in [-0.4, -0.2) is 21.2 Å². The summed E-state index contributed by atoms with van der Waals surface area (Å²) in [5, 5.41) is 2.61. The highest BCUT2D eigenvalue weighted by Gasteiger charge is 2.17. The molecule has 0 unspecified atom stereocenters. The van der Waals surface area contributed by atoms with Crippen LogP contribution in [0.4, 0.5) is 0 Å². The number of aromatic amines is 1. The third-order valence-electron chi connectivity index (χ3n) is 5.16. The fourth-order valence-corrected chi connectivity index (χ4v) is 3.78. The van der Waals surface area contributed by atoms with E-state index in [1.807, 2.05) is 25.1 Å². The number of nitrogens with one attached hydrogen (secondary N) is 1. The third kappa shape index (κ3) is 5.19. The second-order valence-corrected chi connectivity index (χ2v) is 7.93. The highest BCUT2D eigenvalue weighted by molar-refractivity contribution is 7.64. The van der Waals surface area contributed by atoms with Gasteiger partial charge in [-0.3, -0.25) is 4.79 Å². The van der Waals surface area contributed by atoms with Gasteiger partial charge in [-0.05, 0) is 71.8 Å². The molecule has 4 nitrogen and oxygen atoms in total. The highest BCUT2D eigenvalue weighted by atomic mass is 32.1. The standard InChI is InChI=1S/C14H15NO3S.C12H8/c1-10-8-14(16)15-13-5-4-11(9-12(10)13)18-6-2-3-7-19-17;1-2-4-9(5-3-1)11-7-6-10-8-12(10)11/h4-5,7-9H,2-3,6H2,1H3,(H,15,16);1-8H. The average molecular weight is 430 g/mol. The van der Waals surface area contributed by atoms with Gasteiger partial charge in [-0.1, -0.05) is 42.5 Å². The number of rotatable bonds is 6. The normalized spacial score (nSPS) is 10.7. The molecule has 1 heterocycles. The van der Waals surface area contributed by atoms with Crippen LogP contribution in [0, 0.1) is 6.92 Å². The molecule has 0 fully saturated rings. The van der Waals surface area contributed by atoms with Crippen molar-refractivity contribution >= 4 is 27.5 Å². The van der Waals surface area contributed by atoms with Crippen molar-refractivity contribution in [3.05, 3.63) is 88.7 Å². The lowest BCUT2D eigenvalue weighted by Crippen LogP contribution is -2.05. The first-order valence-corrected chi connectivity index (χ1v) is 11.0. The molecule has 0 spiro atoms. The number of hydrogen-bond acceptors (Lipinski definition) is 3. The van der Waals surface area contributed by atoms with E-state index in [9.17, 15) is 9.00 Å². The summed E-state index contributed by atoms with van der Waals surface area (Å²) in [4.78, 5) is 14.1. The molecule has 0 saturated carbocycles. The number of ether oxygens (including phenoxy) is 1. The average Bonchev–Trinajstić information content (AvgIpc) is 3.44. The Kier molecular flexibility index (Phi) is 6.43. The quantitative estimate of drug-likeness (QED) is 0.293. The predicted octanol–water partition coefficient (Wildman–Crippen LogP) is 5.34. The molecule has 31 heavy (non-hydrogen) atoms. The summed E-state index contributed by atoms with van der Waals surface area (Å²) in [6.07, 6.45) is 1.56. The minimum Gasteiger partial charge on any atom is -0.494 e. The lowest BCUT2D eigenvalue weighted by atomic mass is 10.1. The van der Waals surface area contributed by atoms with E-state index in [0.717, 1.165) is 35.1 Å². The number of aromatic nitrogens is 1. The molecule has 0 amide bonds. The summed E-state index contributed by atoms with van der Waals surface area (Å²) < 4.78 is 15.8. The molecule has 2 aromatic carbocycles. The topological polar surface area (TPSA) is 59.2 Å². The molecule has 5 rings (SSSR count). The van der Waals surface area contributed by atoms with Gasteiger partial charge in [-0.15, -0.1) is 0 Å². The number of fused-ring (bicyclic) bond motifs is 2. The molecular formula is C26H23NO3S. The van der Waals surface area contributed by atoms with Crippen molar-refractivity contribution in [2.45, 2.75) is 19.8 Å². The molecular weight excluding hydrogens is 406 g/mol. The largest absolute Gasteiger partial charge is 0.494 e. The maximum atomic E-state index is 11.3. The number of aryl methyl sites for hydroxylation is 1. The molecule has 0 atom stereocenters. The first kappa shape index (κ1) is 20.8.